The lowest BCUT2D eigenvalue weighted by atomic mass is 9.85. The molecule has 1 heterocycles. The van der Waals surface area contributed by atoms with Gasteiger partial charge in [0.05, 0.1) is 11.7 Å². The summed E-state index contributed by atoms with van der Waals surface area (Å²) in [5, 5.41) is 4.13. The van der Waals surface area contributed by atoms with Gasteiger partial charge in [-0.3, -0.25) is 0 Å². The Kier molecular flexibility index (Phi) is 3.47. The van der Waals surface area contributed by atoms with Gasteiger partial charge in [-0.1, -0.05) is 23.4 Å². The molecule has 2 N–H and O–H groups in total. The van der Waals surface area contributed by atoms with Crippen molar-refractivity contribution in [2.24, 2.45) is 17.6 Å². The summed E-state index contributed by atoms with van der Waals surface area (Å²) in [6.07, 6.45) is 3.77. The second-order valence-electron chi connectivity index (χ2n) is 6.09. The average Bonchev–Trinajstić information content (AvgIpc) is 3.22. The molecule has 4 atom stereocenters. The van der Waals surface area contributed by atoms with Crippen molar-refractivity contribution in [2.45, 2.75) is 41.9 Å². The number of nitrogens with zero attached hydrogens (tertiary/aromatic N) is 2. The van der Waals surface area contributed by atoms with Crippen molar-refractivity contribution in [1.29, 1.82) is 0 Å². The molecule has 2 fully saturated rings. The van der Waals surface area contributed by atoms with E-state index in [-0.39, 0.29) is 12.0 Å². The Morgan fingerprint density at radius 1 is 1.19 bits per heavy atom. The summed E-state index contributed by atoms with van der Waals surface area (Å²) in [5.41, 5.74) is 6.34. The van der Waals surface area contributed by atoms with E-state index >= 15 is 0 Å². The number of hydrogen-bond donors (Lipinski definition) is 1. The van der Waals surface area contributed by atoms with Crippen LogP contribution in [0.5, 0.6) is 0 Å². The molecule has 2 bridgehead atoms. The second-order valence-corrected chi connectivity index (χ2v) is 7.14. The van der Waals surface area contributed by atoms with Crippen molar-refractivity contribution < 1.29 is 4.52 Å². The van der Waals surface area contributed by atoms with Gasteiger partial charge >= 0.3 is 0 Å². The molecule has 1 aromatic heterocycles. The summed E-state index contributed by atoms with van der Waals surface area (Å²) in [7, 11) is 0. The average molecular weight is 301 g/mol. The maximum absolute atomic E-state index is 6.34. The van der Waals surface area contributed by atoms with E-state index in [0.29, 0.717) is 11.8 Å². The largest absolute Gasteiger partial charge is 0.339 e. The molecular formula is C16H19N3OS. The smallest absolute Gasteiger partial charge is 0.231 e. The van der Waals surface area contributed by atoms with Crippen LogP contribution in [0.3, 0.4) is 0 Å². The molecule has 2 aromatic rings. The van der Waals surface area contributed by atoms with E-state index in [9.17, 15) is 0 Å². The monoisotopic (exact) mass is 301 g/mol. The van der Waals surface area contributed by atoms with Gasteiger partial charge < -0.3 is 10.3 Å². The van der Waals surface area contributed by atoms with Gasteiger partial charge in [0, 0.05) is 10.9 Å². The van der Waals surface area contributed by atoms with Crippen LogP contribution < -0.4 is 5.73 Å². The third-order valence-electron chi connectivity index (χ3n) is 4.86. The third-order valence-corrected chi connectivity index (χ3v) is 5.87. The molecular weight excluding hydrogens is 282 g/mol. The van der Waals surface area contributed by atoms with Gasteiger partial charge in [0.15, 0.2) is 5.82 Å². The van der Waals surface area contributed by atoms with Crippen LogP contribution in [0.25, 0.3) is 0 Å². The molecule has 21 heavy (non-hydrogen) atoms. The topological polar surface area (TPSA) is 64.9 Å². The molecule has 2 aliphatic carbocycles. The van der Waals surface area contributed by atoms with Gasteiger partial charge in [-0.05, 0) is 43.2 Å². The lowest BCUT2D eigenvalue weighted by Gasteiger charge is -2.24. The van der Waals surface area contributed by atoms with Crippen molar-refractivity contribution in [3.05, 3.63) is 42.0 Å². The fourth-order valence-electron chi connectivity index (χ4n) is 3.83. The Labute approximate surface area is 128 Å². The molecule has 2 saturated carbocycles. The summed E-state index contributed by atoms with van der Waals surface area (Å²) in [4.78, 5) is 5.82. The molecule has 2 aliphatic rings. The molecule has 4 unspecified atom stereocenters. The van der Waals surface area contributed by atoms with E-state index in [1.165, 1.54) is 24.2 Å². The first-order valence-electron chi connectivity index (χ1n) is 7.57. The van der Waals surface area contributed by atoms with Gasteiger partial charge in [0.25, 0.3) is 0 Å². The predicted molar refractivity (Wildman–Crippen MR) is 81.8 cm³/mol. The van der Waals surface area contributed by atoms with Gasteiger partial charge in [0.2, 0.25) is 5.89 Å². The summed E-state index contributed by atoms with van der Waals surface area (Å²) in [5.74, 6) is 3.87. The van der Waals surface area contributed by atoms with Gasteiger partial charge in [0.1, 0.15) is 0 Å². The molecule has 0 spiro atoms. The van der Waals surface area contributed by atoms with E-state index < -0.39 is 0 Å². The van der Waals surface area contributed by atoms with Gasteiger partial charge in [-0.15, -0.1) is 11.8 Å². The normalized spacial score (nSPS) is 30.9. The number of benzene rings is 1. The number of hydrogen-bond acceptors (Lipinski definition) is 5. The molecule has 1 aromatic carbocycles. The fourth-order valence-corrected chi connectivity index (χ4v) is 4.59. The van der Waals surface area contributed by atoms with Crippen molar-refractivity contribution in [2.75, 3.05) is 0 Å². The van der Waals surface area contributed by atoms with Crippen LogP contribution in [0.4, 0.5) is 0 Å². The molecule has 0 amide bonds. The fraction of sp³-hybridized carbons (Fsp3) is 0.500. The Balaban J connectivity index is 1.44. The molecule has 0 radical (unpaired) electrons. The first-order chi connectivity index (χ1) is 10.3. The number of nitrogens with two attached hydrogens (primary N) is 1. The highest BCUT2D eigenvalue weighted by atomic mass is 32.2. The lowest BCUT2D eigenvalue weighted by Crippen LogP contribution is -2.34. The standard InChI is InChI=1S/C16H19N3OS/c17-15-11-7-6-10(8-11)14(15)16-18-13(19-20-16)9-21-12-4-2-1-3-5-12/h1-5,10-11,14-15H,6-9,17H2. The van der Waals surface area contributed by atoms with Crippen LogP contribution in [0.1, 0.15) is 36.9 Å². The molecule has 110 valence electrons. The highest BCUT2D eigenvalue weighted by Crippen LogP contribution is 2.51. The zero-order valence-corrected chi connectivity index (χ0v) is 12.6. The number of fused-ring (bicyclic) bond motifs is 2. The van der Waals surface area contributed by atoms with E-state index in [1.807, 2.05) is 18.2 Å². The van der Waals surface area contributed by atoms with Crippen molar-refractivity contribution in [3.8, 4) is 0 Å². The Hall–Kier alpha value is -1.33. The number of aromatic nitrogens is 2. The minimum absolute atomic E-state index is 0.207. The van der Waals surface area contributed by atoms with E-state index in [0.717, 1.165) is 17.5 Å². The first-order valence-corrected chi connectivity index (χ1v) is 8.56. The van der Waals surface area contributed by atoms with Crippen LogP contribution in [0, 0.1) is 11.8 Å². The predicted octanol–water partition coefficient (Wildman–Crippen LogP) is 3.20. The zero-order valence-electron chi connectivity index (χ0n) is 11.8. The molecule has 5 heteroatoms. The van der Waals surface area contributed by atoms with Crippen LogP contribution in [0.2, 0.25) is 0 Å². The Morgan fingerprint density at radius 2 is 2.00 bits per heavy atom. The van der Waals surface area contributed by atoms with E-state index in [1.54, 1.807) is 11.8 Å². The second kappa shape index (κ2) is 5.46. The van der Waals surface area contributed by atoms with Crippen LogP contribution in [-0.4, -0.2) is 16.2 Å². The minimum atomic E-state index is 0.207. The molecule has 0 saturated heterocycles. The number of thioether (sulfide) groups is 1. The van der Waals surface area contributed by atoms with Crippen LogP contribution >= 0.6 is 11.8 Å². The van der Waals surface area contributed by atoms with Crippen molar-refractivity contribution >= 4 is 11.8 Å². The lowest BCUT2D eigenvalue weighted by molar-refractivity contribution is 0.278. The van der Waals surface area contributed by atoms with Crippen molar-refractivity contribution in [3.63, 3.8) is 0 Å². The van der Waals surface area contributed by atoms with Crippen molar-refractivity contribution in [1.82, 2.24) is 10.1 Å². The van der Waals surface area contributed by atoms with Gasteiger partial charge in [-0.25, -0.2) is 0 Å². The number of rotatable bonds is 4. The summed E-state index contributed by atoms with van der Waals surface area (Å²) < 4.78 is 5.51. The Bertz CT molecular complexity index is 613. The molecule has 4 rings (SSSR count). The summed E-state index contributed by atoms with van der Waals surface area (Å²) >= 11 is 1.73. The molecule has 0 aliphatic heterocycles. The van der Waals surface area contributed by atoms with E-state index in [4.69, 9.17) is 10.3 Å². The zero-order chi connectivity index (χ0) is 14.2. The summed E-state index contributed by atoms with van der Waals surface area (Å²) in [6.45, 7) is 0. The first kappa shape index (κ1) is 13.3. The quantitative estimate of drug-likeness (QED) is 0.879. The van der Waals surface area contributed by atoms with Gasteiger partial charge in [-0.2, -0.15) is 4.98 Å². The maximum Gasteiger partial charge on any atom is 0.231 e. The molecule has 4 nitrogen and oxygen atoms in total. The SMILES string of the molecule is NC1C2CCC(C2)C1c1nc(CSc2ccccc2)no1. The highest BCUT2D eigenvalue weighted by molar-refractivity contribution is 7.98. The minimum Gasteiger partial charge on any atom is -0.339 e. The Morgan fingerprint density at radius 3 is 2.76 bits per heavy atom. The van der Waals surface area contributed by atoms with Crippen LogP contribution in [0.15, 0.2) is 39.8 Å². The van der Waals surface area contributed by atoms with Crippen LogP contribution in [-0.2, 0) is 5.75 Å². The van der Waals surface area contributed by atoms with E-state index in [2.05, 4.69) is 22.3 Å². The summed E-state index contributed by atoms with van der Waals surface area (Å²) in [6, 6.07) is 10.5. The third kappa shape index (κ3) is 2.49. The maximum atomic E-state index is 6.34. The highest BCUT2D eigenvalue weighted by Gasteiger charge is 2.48.